The maximum absolute atomic E-state index is 12.2. The number of benzene rings is 1. The second kappa shape index (κ2) is 3.27. The number of phenols is 1. The minimum absolute atomic E-state index is 0.259. The van der Waals surface area contributed by atoms with Crippen molar-refractivity contribution in [3.63, 3.8) is 0 Å². The molecule has 0 aliphatic rings. The van der Waals surface area contributed by atoms with Crippen LogP contribution in [0.15, 0.2) is 12.1 Å². The molecule has 0 aromatic heterocycles. The zero-order valence-electron chi connectivity index (χ0n) is 6.31. The van der Waals surface area contributed by atoms with Crippen LogP contribution in [0.1, 0.15) is 17.6 Å². The molecule has 1 N–H and O–H groups in total. The van der Waals surface area contributed by atoms with Crippen molar-refractivity contribution < 1.29 is 13.9 Å². The lowest BCUT2D eigenvalue weighted by molar-refractivity contribution is 0.146. The Hall–Kier alpha value is -0.830. The Kier molecular flexibility index (Phi) is 2.52. The third-order valence-corrected chi connectivity index (χ3v) is 1.77. The normalized spacial score (nSPS) is 10.8. The second-order valence-corrected chi connectivity index (χ2v) is 2.89. The van der Waals surface area contributed by atoms with Gasteiger partial charge in [0.25, 0.3) is 6.43 Å². The molecule has 1 nitrogen and oxygen atoms in total. The molecule has 0 fully saturated rings. The van der Waals surface area contributed by atoms with Gasteiger partial charge in [-0.05, 0) is 24.6 Å². The van der Waals surface area contributed by atoms with E-state index in [0.29, 0.717) is 5.56 Å². The van der Waals surface area contributed by atoms with E-state index in [4.69, 9.17) is 16.7 Å². The highest BCUT2D eigenvalue weighted by Gasteiger charge is 2.15. The van der Waals surface area contributed by atoms with E-state index < -0.39 is 12.2 Å². The average Bonchev–Trinajstić information content (AvgIpc) is 1.82. The highest BCUT2D eigenvalue weighted by atomic mass is 35.5. The predicted octanol–water partition coefficient (Wildman–Crippen LogP) is 3.29. The summed E-state index contributed by atoms with van der Waals surface area (Å²) in [7, 11) is 0. The highest BCUT2D eigenvalue weighted by molar-refractivity contribution is 6.30. The molecule has 1 aromatic rings. The molecule has 0 radical (unpaired) electrons. The lowest BCUT2D eigenvalue weighted by Gasteiger charge is -2.07. The molecule has 0 aliphatic carbocycles. The zero-order chi connectivity index (χ0) is 9.30. The fourth-order valence-electron chi connectivity index (χ4n) is 1.02. The van der Waals surface area contributed by atoms with Crippen molar-refractivity contribution in [1.82, 2.24) is 0 Å². The van der Waals surface area contributed by atoms with Crippen molar-refractivity contribution in [3.8, 4) is 5.75 Å². The summed E-state index contributed by atoms with van der Waals surface area (Å²) in [5.41, 5.74) is -0.0469. The number of aromatic hydroxyl groups is 1. The lowest BCUT2D eigenvalue weighted by atomic mass is 10.1. The molecule has 4 heteroatoms. The first-order chi connectivity index (χ1) is 5.52. The van der Waals surface area contributed by atoms with Crippen LogP contribution >= 0.6 is 11.6 Å². The molecule has 0 spiro atoms. The van der Waals surface area contributed by atoms with E-state index in [9.17, 15) is 8.78 Å². The van der Waals surface area contributed by atoms with Gasteiger partial charge in [0.1, 0.15) is 5.75 Å². The minimum atomic E-state index is -2.66. The Bertz CT molecular complexity index is 276. The number of hydrogen-bond donors (Lipinski definition) is 1. The fraction of sp³-hybridized carbons (Fsp3) is 0.250. The summed E-state index contributed by atoms with van der Waals surface area (Å²) in [6.07, 6.45) is -2.66. The summed E-state index contributed by atoms with van der Waals surface area (Å²) < 4.78 is 24.4. The molecule has 0 atom stereocenters. The van der Waals surface area contributed by atoms with Gasteiger partial charge in [-0.25, -0.2) is 8.78 Å². The highest BCUT2D eigenvalue weighted by Crippen LogP contribution is 2.33. The van der Waals surface area contributed by atoms with Gasteiger partial charge >= 0.3 is 0 Å². The van der Waals surface area contributed by atoms with Gasteiger partial charge in [-0.2, -0.15) is 0 Å². The summed E-state index contributed by atoms with van der Waals surface area (Å²) in [5, 5.41) is 9.34. The van der Waals surface area contributed by atoms with Gasteiger partial charge in [0.2, 0.25) is 0 Å². The maximum atomic E-state index is 12.2. The van der Waals surface area contributed by atoms with Crippen LogP contribution in [-0.2, 0) is 0 Å². The van der Waals surface area contributed by atoms with Gasteiger partial charge in [0.05, 0.1) is 5.56 Å². The summed E-state index contributed by atoms with van der Waals surface area (Å²) in [4.78, 5) is 0. The second-order valence-electron chi connectivity index (χ2n) is 2.46. The first-order valence-electron chi connectivity index (χ1n) is 3.29. The molecular weight excluding hydrogens is 186 g/mol. The number of halogens is 3. The monoisotopic (exact) mass is 192 g/mol. The third-order valence-electron chi connectivity index (χ3n) is 1.55. The Morgan fingerprint density at radius 2 is 2.00 bits per heavy atom. The van der Waals surface area contributed by atoms with Gasteiger partial charge in [-0.15, -0.1) is 0 Å². The molecule has 1 aromatic carbocycles. The molecular formula is C8H7ClF2O. The van der Waals surface area contributed by atoms with E-state index in [2.05, 4.69) is 0 Å². The summed E-state index contributed by atoms with van der Waals surface area (Å²) in [5.74, 6) is -0.449. The Morgan fingerprint density at radius 3 is 2.42 bits per heavy atom. The van der Waals surface area contributed by atoms with Crippen molar-refractivity contribution in [3.05, 3.63) is 28.3 Å². The molecule has 0 amide bonds. The van der Waals surface area contributed by atoms with Crippen molar-refractivity contribution in [1.29, 1.82) is 0 Å². The maximum Gasteiger partial charge on any atom is 0.267 e. The van der Waals surface area contributed by atoms with Crippen LogP contribution in [0.5, 0.6) is 5.75 Å². The number of aryl methyl sites for hydroxylation is 1. The van der Waals surface area contributed by atoms with Crippen LogP contribution in [0, 0.1) is 6.92 Å². The van der Waals surface area contributed by atoms with Crippen LogP contribution in [-0.4, -0.2) is 5.11 Å². The standard InChI is InChI=1S/C8H7ClF2O/c1-4-2-5(9)3-6(12)7(4)8(10)11/h2-3,8,12H,1H3. The van der Waals surface area contributed by atoms with E-state index in [1.54, 1.807) is 0 Å². The Morgan fingerprint density at radius 1 is 1.42 bits per heavy atom. The first kappa shape index (κ1) is 9.26. The van der Waals surface area contributed by atoms with Gasteiger partial charge in [0.15, 0.2) is 0 Å². The largest absolute Gasteiger partial charge is 0.507 e. The SMILES string of the molecule is Cc1cc(Cl)cc(O)c1C(F)F. The molecule has 0 bridgehead atoms. The Balaban J connectivity index is 3.28. The quantitative estimate of drug-likeness (QED) is 0.724. The zero-order valence-corrected chi connectivity index (χ0v) is 7.07. The first-order valence-corrected chi connectivity index (χ1v) is 3.67. The smallest absolute Gasteiger partial charge is 0.267 e. The van der Waals surface area contributed by atoms with Crippen molar-refractivity contribution >= 4 is 11.6 Å². The van der Waals surface area contributed by atoms with E-state index in [0.717, 1.165) is 6.07 Å². The summed E-state index contributed by atoms with van der Waals surface area (Å²) >= 11 is 5.52. The summed E-state index contributed by atoms with van der Waals surface area (Å²) in [6, 6.07) is 2.50. The van der Waals surface area contributed by atoms with Crippen LogP contribution in [0.4, 0.5) is 8.78 Å². The molecule has 12 heavy (non-hydrogen) atoms. The molecule has 1 rings (SSSR count). The van der Waals surface area contributed by atoms with Crippen LogP contribution in [0.3, 0.4) is 0 Å². The average molecular weight is 193 g/mol. The number of rotatable bonds is 1. The number of phenolic OH excluding ortho intramolecular Hbond substituents is 1. The van der Waals surface area contributed by atoms with Crippen LogP contribution in [0.2, 0.25) is 5.02 Å². The van der Waals surface area contributed by atoms with Gasteiger partial charge in [0, 0.05) is 5.02 Å². The third kappa shape index (κ3) is 1.67. The number of alkyl halides is 2. The molecule has 0 saturated carbocycles. The summed E-state index contributed by atoms with van der Waals surface area (Å²) in [6.45, 7) is 1.48. The van der Waals surface area contributed by atoms with E-state index >= 15 is 0 Å². The van der Waals surface area contributed by atoms with Crippen molar-refractivity contribution in [2.45, 2.75) is 13.3 Å². The van der Waals surface area contributed by atoms with E-state index in [-0.39, 0.29) is 10.6 Å². The van der Waals surface area contributed by atoms with Crippen LogP contribution < -0.4 is 0 Å². The van der Waals surface area contributed by atoms with E-state index in [1.807, 2.05) is 0 Å². The van der Waals surface area contributed by atoms with Gasteiger partial charge in [-0.1, -0.05) is 11.6 Å². The van der Waals surface area contributed by atoms with Crippen molar-refractivity contribution in [2.24, 2.45) is 0 Å². The van der Waals surface area contributed by atoms with E-state index in [1.165, 1.54) is 13.0 Å². The van der Waals surface area contributed by atoms with Gasteiger partial charge < -0.3 is 5.11 Å². The predicted molar refractivity (Wildman–Crippen MR) is 42.8 cm³/mol. The lowest BCUT2D eigenvalue weighted by Crippen LogP contribution is -1.90. The van der Waals surface area contributed by atoms with Gasteiger partial charge in [-0.3, -0.25) is 0 Å². The molecule has 0 aliphatic heterocycles. The van der Waals surface area contributed by atoms with Crippen LogP contribution in [0.25, 0.3) is 0 Å². The molecule has 0 saturated heterocycles. The topological polar surface area (TPSA) is 20.2 Å². The molecule has 0 heterocycles. The molecule has 0 unspecified atom stereocenters. The minimum Gasteiger partial charge on any atom is -0.507 e. The fourth-order valence-corrected chi connectivity index (χ4v) is 1.29. The Labute approximate surface area is 73.6 Å². The number of hydrogen-bond acceptors (Lipinski definition) is 1. The van der Waals surface area contributed by atoms with Crippen molar-refractivity contribution in [2.75, 3.05) is 0 Å². The molecule has 66 valence electrons.